The van der Waals surface area contributed by atoms with Crippen LogP contribution in [0.5, 0.6) is 0 Å². The van der Waals surface area contributed by atoms with Gasteiger partial charge in [-0.2, -0.15) is 0 Å². The summed E-state index contributed by atoms with van der Waals surface area (Å²) in [6.45, 7) is 4.96. The first-order valence-electron chi connectivity index (χ1n) is 2.99. The highest BCUT2D eigenvalue weighted by Gasteiger charge is 1.81. The van der Waals surface area contributed by atoms with Crippen molar-refractivity contribution in [2.24, 2.45) is 0 Å². The number of aldehydes is 1. The molecule has 0 saturated carbocycles. The van der Waals surface area contributed by atoms with Gasteiger partial charge in [-0.15, -0.1) is 0 Å². The van der Waals surface area contributed by atoms with Crippen LogP contribution in [0.3, 0.4) is 0 Å². The van der Waals surface area contributed by atoms with Crippen LogP contribution in [-0.2, 0) is 14.3 Å². The highest BCUT2D eigenvalue weighted by Crippen LogP contribution is 1.67. The zero-order valence-electron chi connectivity index (χ0n) is 6.74. The van der Waals surface area contributed by atoms with Gasteiger partial charge in [-0.3, -0.25) is 4.79 Å². The van der Waals surface area contributed by atoms with Crippen molar-refractivity contribution < 1.29 is 14.3 Å². The van der Waals surface area contributed by atoms with E-state index < -0.39 is 5.97 Å². The fourth-order valence-electron chi connectivity index (χ4n) is 0.162. The Morgan fingerprint density at radius 2 is 2.09 bits per heavy atom. The number of carbonyl (C=O) groups excluding carboxylic acids is 2. The minimum atomic E-state index is -0.394. The van der Waals surface area contributed by atoms with Crippen molar-refractivity contribution >= 4 is 12.3 Å². The number of hydrogen-bond acceptors (Lipinski definition) is 3. The molecule has 0 radical (unpaired) electrons. The second kappa shape index (κ2) is 11.4. The average molecular weight is 156 g/mol. The largest absolute Gasteiger partial charge is 0.466 e. The summed E-state index contributed by atoms with van der Waals surface area (Å²) in [4.78, 5) is 19.2. The Bertz CT molecular complexity index is 147. The molecule has 0 heterocycles. The third kappa shape index (κ3) is 17.7. The predicted molar refractivity (Wildman–Crippen MR) is 43.1 cm³/mol. The second-order valence-corrected chi connectivity index (χ2v) is 1.39. The molecule has 0 amide bonds. The summed E-state index contributed by atoms with van der Waals surface area (Å²) in [6.07, 6.45) is 4.99. The lowest BCUT2D eigenvalue weighted by Crippen LogP contribution is -1.91. The molecule has 0 saturated heterocycles. The first kappa shape index (κ1) is 12.3. The lowest BCUT2D eigenvalue weighted by atomic mass is 10.6. The maximum atomic E-state index is 9.84. The number of esters is 1. The quantitative estimate of drug-likeness (QED) is 0.341. The molecule has 0 rings (SSSR count). The van der Waals surface area contributed by atoms with Crippen molar-refractivity contribution in [2.75, 3.05) is 7.11 Å². The van der Waals surface area contributed by atoms with Gasteiger partial charge < -0.3 is 4.74 Å². The van der Waals surface area contributed by atoms with Crippen LogP contribution in [0.1, 0.15) is 6.92 Å². The third-order valence-electron chi connectivity index (χ3n) is 0.639. The molecule has 0 aromatic heterocycles. The van der Waals surface area contributed by atoms with Crippen LogP contribution in [0.15, 0.2) is 24.8 Å². The van der Waals surface area contributed by atoms with Gasteiger partial charge in [0.25, 0.3) is 0 Å². The van der Waals surface area contributed by atoms with E-state index in [9.17, 15) is 9.59 Å². The minimum Gasteiger partial charge on any atom is -0.466 e. The molecular weight excluding hydrogens is 144 g/mol. The molecule has 0 aliphatic carbocycles. The molecule has 0 aromatic carbocycles. The lowest BCUT2D eigenvalue weighted by Gasteiger charge is -1.83. The first-order chi connectivity index (χ1) is 5.22. The topological polar surface area (TPSA) is 43.4 Å². The Balaban J connectivity index is 0. The molecule has 0 fully saturated rings. The van der Waals surface area contributed by atoms with Crippen LogP contribution in [0.4, 0.5) is 0 Å². The van der Waals surface area contributed by atoms with Crippen LogP contribution < -0.4 is 0 Å². The van der Waals surface area contributed by atoms with E-state index in [1.54, 1.807) is 13.0 Å². The Labute approximate surface area is 66.4 Å². The Morgan fingerprint density at radius 3 is 2.09 bits per heavy atom. The molecule has 0 aliphatic heterocycles. The number of hydrogen-bond donors (Lipinski definition) is 0. The smallest absolute Gasteiger partial charge is 0.329 e. The number of methoxy groups -OCH3 is 1. The average Bonchev–Trinajstić information content (AvgIpc) is 2.06. The summed E-state index contributed by atoms with van der Waals surface area (Å²) >= 11 is 0. The van der Waals surface area contributed by atoms with Gasteiger partial charge in [-0.05, 0) is 13.0 Å². The zero-order chi connectivity index (χ0) is 9.11. The molecule has 0 atom stereocenters. The molecule has 0 spiro atoms. The number of ether oxygens (including phenoxy) is 1. The van der Waals surface area contributed by atoms with Crippen molar-refractivity contribution in [2.45, 2.75) is 6.92 Å². The molecular formula is C8H12O3. The van der Waals surface area contributed by atoms with Gasteiger partial charge >= 0.3 is 5.97 Å². The summed E-state index contributed by atoms with van der Waals surface area (Å²) in [5.74, 6) is -0.394. The summed E-state index contributed by atoms with van der Waals surface area (Å²) < 4.78 is 4.14. The molecule has 0 N–H and O–H groups in total. The van der Waals surface area contributed by atoms with Crippen LogP contribution >= 0.6 is 0 Å². The van der Waals surface area contributed by atoms with Crippen molar-refractivity contribution in [3.63, 3.8) is 0 Å². The van der Waals surface area contributed by atoms with Gasteiger partial charge in [-0.25, -0.2) is 4.79 Å². The van der Waals surface area contributed by atoms with Crippen LogP contribution in [0, 0.1) is 0 Å². The maximum Gasteiger partial charge on any atom is 0.329 e. The van der Waals surface area contributed by atoms with Crippen molar-refractivity contribution in [1.82, 2.24) is 0 Å². The van der Waals surface area contributed by atoms with E-state index in [1.165, 1.54) is 13.2 Å². The second-order valence-electron chi connectivity index (χ2n) is 1.39. The van der Waals surface area contributed by atoms with Gasteiger partial charge in [0, 0.05) is 6.08 Å². The maximum absolute atomic E-state index is 9.84. The Morgan fingerprint density at radius 1 is 1.55 bits per heavy atom. The van der Waals surface area contributed by atoms with Crippen molar-refractivity contribution in [3.05, 3.63) is 24.8 Å². The fourth-order valence-corrected chi connectivity index (χ4v) is 0.162. The third-order valence-corrected chi connectivity index (χ3v) is 0.639. The van der Waals surface area contributed by atoms with Crippen molar-refractivity contribution in [1.29, 1.82) is 0 Å². The van der Waals surface area contributed by atoms with E-state index in [4.69, 9.17) is 0 Å². The first-order valence-corrected chi connectivity index (χ1v) is 2.99. The SMILES string of the molecule is C/C=C/C=O.C=CC(=O)OC. The fraction of sp³-hybridized carbons (Fsp3) is 0.250. The van der Waals surface area contributed by atoms with Crippen LogP contribution in [0.2, 0.25) is 0 Å². The number of allylic oxidation sites excluding steroid dienone is 2. The van der Waals surface area contributed by atoms with Gasteiger partial charge in [0.2, 0.25) is 0 Å². The summed E-state index contributed by atoms with van der Waals surface area (Å²) in [6, 6.07) is 0. The van der Waals surface area contributed by atoms with E-state index in [-0.39, 0.29) is 0 Å². The van der Waals surface area contributed by atoms with E-state index in [1.807, 2.05) is 0 Å². The zero-order valence-corrected chi connectivity index (χ0v) is 6.74. The van der Waals surface area contributed by atoms with Crippen molar-refractivity contribution in [3.8, 4) is 0 Å². The minimum absolute atomic E-state index is 0.394. The summed E-state index contributed by atoms with van der Waals surface area (Å²) in [5.41, 5.74) is 0. The predicted octanol–water partition coefficient (Wildman–Crippen LogP) is 1.11. The Hall–Kier alpha value is -1.38. The molecule has 0 bridgehead atoms. The van der Waals surface area contributed by atoms with E-state index in [0.29, 0.717) is 0 Å². The highest BCUT2D eigenvalue weighted by molar-refractivity contribution is 5.80. The van der Waals surface area contributed by atoms with Gasteiger partial charge in [-0.1, -0.05) is 12.7 Å². The number of carbonyl (C=O) groups is 2. The Kier molecular flexibility index (Phi) is 12.8. The molecule has 3 heteroatoms. The molecule has 11 heavy (non-hydrogen) atoms. The molecule has 0 aliphatic rings. The summed E-state index contributed by atoms with van der Waals surface area (Å²) in [5, 5.41) is 0. The van der Waals surface area contributed by atoms with Gasteiger partial charge in [0.15, 0.2) is 0 Å². The lowest BCUT2D eigenvalue weighted by molar-refractivity contribution is -0.134. The monoisotopic (exact) mass is 156 g/mol. The highest BCUT2D eigenvalue weighted by atomic mass is 16.5. The van der Waals surface area contributed by atoms with Gasteiger partial charge in [0.05, 0.1) is 7.11 Å². The van der Waals surface area contributed by atoms with Gasteiger partial charge in [0.1, 0.15) is 6.29 Å². The normalized spacial score (nSPS) is 7.82. The number of rotatable bonds is 2. The molecule has 0 unspecified atom stereocenters. The molecule has 3 nitrogen and oxygen atoms in total. The van der Waals surface area contributed by atoms with E-state index >= 15 is 0 Å². The standard InChI is InChI=1S/C4H6O2.C4H6O/c1-3-4(5)6-2;1-2-3-4-5/h3H,1H2,2H3;2-4H,1H3/b;3-2+. The van der Waals surface area contributed by atoms with Crippen LogP contribution in [-0.4, -0.2) is 19.4 Å². The van der Waals surface area contributed by atoms with Crippen LogP contribution in [0.25, 0.3) is 0 Å². The molecule has 0 aromatic rings. The van der Waals surface area contributed by atoms with E-state index in [0.717, 1.165) is 12.4 Å². The summed E-state index contributed by atoms with van der Waals surface area (Å²) in [7, 11) is 1.31. The van der Waals surface area contributed by atoms with E-state index in [2.05, 4.69) is 11.3 Å². The molecule has 62 valence electrons.